The Labute approximate surface area is 204 Å². The van der Waals surface area contributed by atoms with E-state index < -0.39 is 20.5 Å². The van der Waals surface area contributed by atoms with Gasteiger partial charge in [-0.25, -0.2) is 13.9 Å². The van der Waals surface area contributed by atoms with Crippen LogP contribution >= 0.6 is 0 Å². The number of rotatable bonds is 10. The molecular weight excluding hydrogens is 476 g/mol. The van der Waals surface area contributed by atoms with E-state index in [2.05, 4.69) is 5.32 Å². The summed E-state index contributed by atoms with van der Waals surface area (Å²) in [5.74, 6) is 0.0340. The van der Waals surface area contributed by atoms with Gasteiger partial charge in [-0.05, 0) is 74.2 Å². The van der Waals surface area contributed by atoms with Gasteiger partial charge in [-0.15, -0.1) is 0 Å². The van der Waals surface area contributed by atoms with Crippen LogP contribution in [0.3, 0.4) is 0 Å². The average Bonchev–Trinajstić information content (AvgIpc) is 2.87. The molecule has 11 heteroatoms. The maximum atomic E-state index is 13.2. The number of carbonyl (C=O) groups is 2. The summed E-state index contributed by atoms with van der Waals surface area (Å²) in [5, 5.41) is 12.0. The van der Waals surface area contributed by atoms with Gasteiger partial charge in [0.1, 0.15) is 11.5 Å². The van der Waals surface area contributed by atoms with Gasteiger partial charge in [-0.1, -0.05) is 0 Å². The first kappa shape index (κ1) is 26.5. The minimum atomic E-state index is -4.09. The zero-order valence-electron chi connectivity index (χ0n) is 19.7. The first-order valence-corrected chi connectivity index (χ1v) is 12.7. The highest BCUT2D eigenvalue weighted by molar-refractivity contribution is 7.93. The van der Waals surface area contributed by atoms with Crippen LogP contribution in [0.1, 0.15) is 31.2 Å². The van der Waals surface area contributed by atoms with Gasteiger partial charge in [0, 0.05) is 25.3 Å². The number of hydrogen-bond acceptors (Lipinski definition) is 8. The first-order chi connectivity index (χ1) is 16.7. The Balaban J connectivity index is 1.54. The van der Waals surface area contributed by atoms with Gasteiger partial charge in [0.15, 0.2) is 14.6 Å². The lowest BCUT2D eigenvalue weighted by atomic mass is 9.98. The third kappa shape index (κ3) is 5.92. The van der Waals surface area contributed by atoms with E-state index in [1.165, 1.54) is 29.7 Å². The van der Waals surface area contributed by atoms with Crippen molar-refractivity contribution >= 4 is 27.3 Å². The summed E-state index contributed by atoms with van der Waals surface area (Å²) in [6, 6.07) is 11.1. The standard InChI is InChI=1S/C24H30N2O8S/c1-17-16-19(32-2)7-10-21(17)25-22(27)4-3-13-34-18-5-8-20(9-6-18)35(30,31)24(23(28)26-29)11-14-33-15-12-24/h5-10,16,29H,3-4,11-15H2,1-2H3,(H,25,27)(H,26,28). The topological polar surface area (TPSA) is 140 Å². The van der Waals surface area contributed by atoms with Crippen molar-refractivity contribution in [2.24, 2.45) is 0 Å². The average molecular weight is 507 g/mol. The molecule has 1 aliphatic rings. The number of nitrogens with one attached hydrogen (secondary N) is 2. The van der Waals surface area contributed by atoms with E-state index in [0.29, 0.717) is 23.6 Å². The van der Waals surface area contributed by atoms with Crippen molar-refractivity contribution in [1.82, 2.24) is 5.48 Å². The molecule has 3 rings (SSSR count). The molecule has 0 aliphatic carbocycles. The maximum absolute atomic E-state index is 13.2. The van der Waals surface area contributed by atoms with E-state index in [9.17, 15) is 18.0 Å². The number of amides is 2. The second kappa shape index (κ2) is 11.5. The largest absolute Gasteiger partial charge is 0.497 e. The van der Waals surface area contributed by atoms with Crippen LogP contribution in [0.15, 0.2) is 47.4 Å². The van der Waals surface area contributed by atoms with Gasteiger partial charge in [-0.3, -0.25) is 14.8 Å². The molecule has 0 atom stereocenters. The Morgan fingerprint density at radius 3 is 2.34 bits per heavy atom. The molecule has 1 saturated heterocycles. The fraction of sp³-hybridized carbons (Fsp3) is 0.417. The quantitative estimate of drug-likeness (QED) is 0.254. The van der Waals surface area contributed by atoms with Gasteiger partial charge in [0.05, 0.1) is 18.6 Å². The second-order valence-electron chi connectivity index (χ2n) is 8.20. The highest BCUT2D eigenvalue weighted by atomic mass is 32.2. The van der Waals surface area contributed by atoms with Crippen molar-refractivity contribution in [1.29, 1.82) is 0 Å². The van der Waals surface area contributed by atoms with Crippen molar-refractivity contribution in [3.8, 4) is 11.5 Å². The van der Waals surface area contributed by atoms with Gasteiger partial charge in [0.2, 0.25) is 5.91 Å². The van der Waals surface area contributed by atoms with Crippen LogP contribution in [0.4, 0.5) is 5.69 Å². The number of hydrogen-bond donors (Lipinski definition) is 3. The van der Waals surface area contributed by atoms with Crippen molar-refractivity contribution in [3.05, 3.63) is 48.0 Å². The van der Waals surface area contributed by atoms with Crippen molar-refractivity contribution in [3.63, 3.8) is 0 Å². The zero-order chi connectivity index (χ0) is 25.5. The second-order valence-corrected chi connectivity index (χ2v) is 10.5. The Kier molecular flexibility index (Phi) is 8.71. The minimum absolute atomic E-state index is 0.0513. The van der Waals surface area contributed by atoms with Crippen LogP contribution in [0.5, 0.6) is 11.5 Å². The van der Waals surface area contributed by atoms with E-state index in [1.807, 2.05) is 13.0 Å². The van der Waals surface area contributed by atoms with Crippen LogP contribution in [-0.4, -0.2) is 57.1 Å². The number of aryl methyl sites for hydroxylation is 1. The highest BCUT2D eigenvalue weighted by Gasteiger charge is 2.52. The Morgan fingerprint density at radius 2 is 1.74 bits per heavy atom. The predicted octanol–water partition coefficient (Wildman–Crippen LogP) is 2.63. The van der Waals surface area contributed by atoms with Gasteiger partial charge < -0.3 is 19.5 Å². The minimum Gasteiger partial charge on any atom is -0.497 e. The molecule has 2 aromatic rings. The summed E-state index contributed by atoms with van der Waals surface area (Å²) in [6.07, 6.45) is 0.593. The molecule has 35 heavy (non-hydrogen) atoms. The van der Waals surface area contributed by atoms with Crippen LogP contribution in [0, 0.1) is 6.92 Å². The molecule has 2 amide bonds. The van der Waals surface area contributed by atoms with Crippen LogP contribution < -0.4 is 20.3 Å². The zero-order valence-corrected chi connectivity index (χ0v) is 20.5. The molecule has 0 saturated carbocycles. The van der Waals surface area contributed by atoms with E-state index in [1.54, 1.807) is 19.2 Å². The van der Waals surface area contributed by atoms with Gasteiger partial charge in [0.25, 0.3) is 5.91 Å². The molecule has 0 spiro atoms. The van der Waals surface area contributed by atoms with Gasteiger partial charge >= 0.3 is 0 Å². The van der Waals surface area contributed by atoms with Crippen molar-refractivity contribution in [2.75, 3.05) is 32.2 Å². The van der Waals surface area contributed by atoms with Gasteiger partial charge in [-0.2, -0.15) is 0 Å². The Morgan fingerprint density at radius 1 is 1.09 bits per heavy atom. The number of carbonyl (C=O) groups excluding carboxylic acids is 2. The summed E-state index contributed by atoms with van der Waals surface area (Å²) < 4.78 is 40.7. The molecule has 1 fully saturated rings. The molecule has 1 aliphatic heterocycles. The number of methoxy groups -OCH3 is 1. The molecule has 1 heterocycles. The van der Waals surface area contributed by atoms with Crippen LogP contribution in [-0.2, 0) is 24.2 Å². The van der Waals surface area contributed by atoms with E-state index in [-0.39, 0.29) is 49.9 Å². The molecule has 0 radical (unpaired) electrons. The summed E-state index contributed by atoms with van der Waals surface area (Å²) >= 11 is 0. The van der Waals surface area contributed by atoms with Crippen LogP contribution in [0.25, 0.3) is 0 Å². The predicted molar refractivity (Wildman–Crippen MR) is 127 cm³/mol. The summed E-state index contributed by atoms with van der Waals surface area (Å²) in [7, 11) is -2.51. The number of anilines is 1. The molecule has 0 aromatic heterocycles. The maximum Gasteiger partial charge on any atom is 0.265 e. The van der Waals surface area contributed by atoms with E-state index in [4.69, 9.17) is 19.4 Å². The Bertz CT molecular complexity index is 1140. The lowest BCUT2D eigenvalue weighted by Crippen LogP contribution is -2.54. The third-order valence-corrected chi connectivity index (χ3v) is 8.50. The summed E-state index contributed by atoms with van der Waals surface area (Å²) in [6.45, 7) is 2.33. The van der Waals surface area contributed by atoms with Crippen LogP contribution in [0.2, 0.25) is 0 Å². The number of sulfone groups is 1. The summed E-state index contributed by atoms with van der Waals surface area (Å²) in [4.78, 5) is 24.5. The molecule has 2 aromatic carbocycles. The highest BCUT2D eigenvalue weighted by Crippen LogP contribution is 2.35. The first-order valence-electron chi connectivity index (χ1n) is 11.2. The number of ether oxygens (including phenoxy) is 3. The number of hydroxylamine groups is 1. The number of benzene rings is 2. The molecule has 190 valence electrons. The molecule has 10 nitrogen and oxygen atoms in total. The van der Waals surface area contributed by atoms with Crippen molar-refractivity contribution in [2.45, 2.75) is 42.2 Å². The SMILES string of the molecule is COc1ccc(NC(=O)CCCOc2ccc(S(=O)(=O)C3(C(=O)NO)CCOCC3)cc2)c(C)c1. The lowest BCUT2D eigenvalue weighted by Gasteiger charge is -2.34. The fourth-order valence-electron chi connectivity index (χ4n) is 3.90. The fourth-order valence-corrected chi connectivity index (χ4v) is 5.84. The smallest absolute Gasteiger partial charge is 0.265 e. The lowest BCUT2D eigenvalue weighted by molar-refractivity contribution is -0.134. The normalized spacial score (nSPS) is 15.2. The van der Waals surface area contributed by atoms with E-state index >= 15 is 0 Å². The molecule has 0 bridgehead atoms. The molecular formula is C24H30N2O8S. The molecule has 3 N–H and O–H groups in total. The monoisotopic (exact) mass is 506 g/mol. The van der Waals surface area contributed by atoms with Crippen molar-refractivity contribution < 1.29 is 37.4 Å². The third-order valence-electron chi connectivity index (χ3n) is 5.99. The summed E-state index contributed by atoms with van der Waals surface area (Å²) in [5.41, 5.74) is 3.10. The van der Waals surface area contributed by atoms with E-state index in [0.717, 1.165) is 5.56 Å². The molecule has 0 unspecified atom stereocenters. The Hall–Kier alpha value is -3.15.